The lowest BCUT2D eigenvalue weighted by Gasteiger charge is -2.26. The van der Waals surface area contributed by atoms with Crippen molar-refractivity contribution in [2.75, 3.05) is 26.9 Å². The molecule has 0 unspecified atom stereocenters. The zero-order chi connectivity index (χ0) is 7.33. The van der Waals surface area contributed by atoms with Gasteiger partial charge in [-0.25, -0.2) is 0 Å². The summed E-state index contributed by atoms with van der Waals surface area (Å²) in [7, 11) is 1.57. The van der Waals surface area contributed by atoms with Crippen molar-refractivity contribution in [1.29, 1.82) is 0 Å². The lowest BCUT2D eigenvalue weighted by atomic mass is 10.1. The molecule has 0 saturated carbocycles. The van der Waals surface area contributed by atoms with Crippen molar-refractivity contribution >= 4 is 0 Å². The molecule has 0 atom stereocenters. The Morgan fingerprint density at radius 3 is 1.44 bits per heavy atom. The maximum atomic E-state index is 8.59. The Kier molecular flexibility index (Phi) is 3.72. The zero-order valence-electron chi connectivity index (χ0n) is 5.46. The summed E-state index contributed by atoms with van der Waals surface area (Å²) in [5.41, 5.74) is -0.917. The van der Waals surface area contributed by atoms with Gasteiger partial charge < -0.3 is 20.6 Å². The summed E-state index contributed by atoms with van der Waals surface area (Å²) < 4.78 is 0. The van der Waals surface area contributed by atoms with Crippen molar-refractivity contribution < 1.29 is 15.3 Å². The Hall–Kier alpha value is -0.160. The Bertz CT molecular complexity index is 55.1. The van der Waals surface area contributed by atoms with Gasteiger partial charge in [-0.3, -0.25) is 0 Å². The number of rotatable bonds is 4. The number of aliphatic hydroxyl groups excluding tert-OH is 3. The molecule has 4 heteroatoms. The highest BCUT2D eigenvalue weighted by molar-refractivity contribution is 4.83. The molecule has 0 saturated heterocycles. The Morgan fingerprint density at radius 1 is 1.11 bits per heavy atom. The highest BCUT2D eigenvalue weighted by Crippen LogP contribution is 1.98. The van der Waals surface area contributed by atoms with Crippen LogP contribution >= 0.6 is 0 Å². The quantitative estimate of drug-likeness (QED) is 0.357. The van der Waals surface area contributed by atoms with Gasteiger partial charge in [-0.05, 0) is 7.05 Å². The molecule has 0 radical (unpaired) electrons. The van der Waals surface area contributed by atoms with Gasteiger partial charge in [0.05, 0.1) is 25.4 Å². The van der Waals surface area contributed by atoms with Crippen LogP contribution in [0.1, 0.15) is 0 Å². The predicted molar refractivity (Wildman–Crippen MR) is 33.0 cm³/mol. The molecule has 0 aliphatic carbocycles. The van der Waals surface area contributed by atoms with E-state index < -0.39 is 5.54 Å². The van der Waals surface area contributed by atoms with Crippen LogP contribution in [0.25, 0.3) is 0 Å². The van der Waals surface area contributed by atoms with E-state index in [0.717, 1.165) is 0 Å². The summed E-state index contributed by atoms with van der Waals surface area (Å²) in [6.07, 6.45) is 0. The van der Waals surface area contributed by atoms with Gasteiger partial charge >= 0.3 is 0 Å². The van der Waals surface area contributed by atoms with Gasteiger partial charge in [-0.2, -0.15) is 0 Å². The van der Waals surface area contributed by atoms with E-state index >= 15 is 0 Å². The molecule has 9 heavy (non-hydrogen) atoms. The van der Waals surface area contributed by atoms with E-state index in [9.17, 15) is 0 Å². The molecule has 0 aliphatic heterocycles. The number of hydrogen-bond acceptors (Lipinski definition) is 4. The predicted octanol–water partition coefficient (Wildman–Crippen LogP) is -2.08. The minimum Gasteiger partial charge on any atom is -0.394 e. The van der Waals surface area contributed by atoms with E-state index in [1.54, 1.807) is 7.05 Å². The molecule has 0 aromatic rings. The van der Waals surface area contributed by atoms with Crippen LogP contribution in [0.5, 0.6) is 0 Å². The summed E-state index contributed by atoms with van der Waals surface area (Å²) in [6.45, 7) is -0.802. The molecular weight excluding hydrogens is 122 g/mol. The number of nitrogens with one attached hydrogen (secondary N) is 1. The van der Waals surface area contributed by atoms with Crippen LogP contribution in [0.3, 0.4) is 0 Å². The number of aliphatic hydroxyl groups is 3. The minimum atomic E-state index is -0.917. The molecule has 0 heterocycles. The summed E-state index contributed by atoms with van der Waals surface area (Å²) >= 11 is 0. The molecule has 56 valence electrons. The minimum absolute atomic E-state index is 0.267. The molecule has 0 rings (SSSR count). The lowest BCUT2D eigenvalue weighted by molar-refractivity contribution is 0.0481. The first-order chi connectivity index (χ1) is 4.24. The van der Waals surface area contributed by atoms with Gasteiger partial charge in [0, 0.05) is 0 Å². The largest absolute Gasteiger partial charge is 0.394 e. The van der Waals surface area contributed by atoms with Gasteiger partial charge in [0.1, 0.15) is 0 Å². The summed E-state index contributed by atoms with van der Waals surface area (Å²) in [6, 6.07) is 0. The summed E-state index contributed by atoms with van der Waals surface area (Å²) in [5.74, 6) is 0. The van der Waals surface area contributed by atoms with Gasteiger partial charge in [0.15, 0.2) is 0 Å². The van der Waals surface area contributed by atoms with Crippen LogP contribution < -0.4 is 5.32 Å². The molecule has 4 N–H and O–H groups in total. The first kappa shape index (κ1) is 8.84. The average Bonchev–Trinajstić information content (AvgIpc) is 1.95. The van der Waals surface area contributed by atoms with Crippen LogP contribution in [-0.4, -0.2) is 47.7 Å². The van der Waals surface area contributed by atoms with E-state index in [-0.39, 0.29) is 19.8 Å². The normalized spacial score (nSPS) is 12.0. The third-order valence-electron chi connectivity index (χ3n) is 1.44. The van der Waals surface area contributed by atoms with Crippen molar-refractivity contribution in [3.05, 3.63) is 0 Å². The first-order valence-electron chi connectivity index (χ1n) is 2.76. The van der Waals surface area contributed by atoms with Crippen molar-refractivity contribution in [1.82, 2.24) is 5.32 Å². The van der Waals surface area contributed by atoms with Gasteiger partial charge in [0.2, 0.25) is 0 Å². The van der Waals surface area contributed by atoms with Gasteiger partial charge in [0.25, 0.3) is 0 Å². The second-order valence-corrected chi connectivity index (χ2v) is 2.00. The van der Waals surface area contributed by atoms with E-state index in [0.29, 0.717) is 0 Å². The maximum Gasteiger partial charge on any atom is 0.0879 e. The van der Waals surface area contributed by atoms with Gasteiger partial charge in [-0.15, -0.1) is 0 Å². The zero-order valence-corrected chi connectivity index (χ0v) is 5.46. The van der Waals surface area contributed by atoms with E-state index in [2.05, 4.69) is 5.32 Å². The fraction of sp³-hybridized carbons (Fsp3) is 1.00. The second-order valence-electron chi connectivity index (χ2n) is 2.00. The molecule has 4 nitrogen and oxygen atoms in total. The fourth-order valence-corrected chi connectivity index (χ4v) is 0.387. The third-order valence-corrected chi connectivity index (χ3v) is 1.44. The fourth-order valence-electron chi connectivity index (χ4n) is 0.387. The van der Waals surface area contributed by atoms with Crippen molar-refractivity contribution in [2.45, 2.75) is 5.54 Å². The standard InChI is InChI=1S/C5H13NO3/c1-6-5(2-7,3-8)4-9/h6-9H,2-4H2,1H3. The van der Waals surface area contributed by atoms with E-state index in [1.807, 2.05) is 0 Å². The Balaban J connectivity index is 3.82. The van der Waals surface area contributed by atoms with Crippen molar-refractivity contribution in [3.63, 3.8) is 0 Å². The third kappa shape index (κ3) is 1.91. The van der Waals surface area contributed by atoms with Crippen LogP contribution in [0, 0.1) is 0 Å². The van der Waals surface area contributed by atoms with Crippen LogP contribution in [-0.2, 0) is 0 Å². The molecule has 0 aromatic carbocycles. The second kappa shape index (κ2) is 3.79. The van der Waals surface area contributed by atoms with Crippen LogP contribution in [0.2, 0.25) is 0 Å². The molecule has 0 amide bonds. The highest BCUT2D eigenvalue weighted by atomic mass is 16.3. The first-order valence-corrected chi connectivity index (χ1v) is 2.76. The van der Waals surface area contributed by atoms with E-state index in [4.69, 9.17) is 15.3 Å². The average molecular weight is 135 g/mol. The molecule has 0 spiro atoms. The van der Waals surface area contributed by atoms with Crippen LogP contribution in [0.15, 0.2) is 0 Å². The monoisotopic (exact) mass is 135 g/mol. The summed E-state index contributed by atoms with van der Waals surface area (Å²) in [5, 5.41) is 28.4. The molecule has 0 bridgehead atoms. The van der Waals surface area contributed by atoms with E-state index in [1.165, 1.54) is 0 Å². The molecule has 0 fully saturated rings. The smallest absolute Gasteiger partial charge is 0.0879 e. The molecule has 0 aromatic heterocycles. The van der Waals surface area contributed by atoms with Crippen LogP contribution in [0.4, 0.5) is 0 Å². The molecular formula is C5H13NO3. The summed E-state index contributed by atoms with van der Waals surface area (Å²) in [4.78, 5) is 0. The Morgan fingerprint density at radius 2 is 1.44 bits per heavy atom. The number of hydrogen-bond donors (Lipinski definition) is 4. The maximum absolute atomic E-state index is 8.59. The topological polar surface area (TPSA) is 72.7 Å². The molecule has 0 aliphatic rings. The van der Waals surface area contributed by atoms with Crippen molar-refractivity contribution in [3.8, 4) is 0 Å². The van der Waals surface area contributed by atoms with Crippen molar-refractivity contribution in [2.24, 2.45) is 0 Å². The SMILES string of the molecule is CNC(CO)(CO)CO. The van der Waals surface area contributed by atoms with Gasteiger partial charge in [-0.1, -0.05) is 0 Å². The number of likely N-dealkylation sites (N-methyl/N-ethyl adjacent to an activating group) is 1. The Labute approximate surface area is 54.1 Å². The highest BCUT2D eigenvalue weighted by Gasteiger charge is 2.24. The lowest BCUT2D eigenvalue weighted by Crippen LogP contribution is -2.52.